The van der Waals surface area contributed by atoms with Crippen molar-refractivity contribution in [2.45, 2.75) is 6.92 Å². The van der Waals surface area contributed by atoms with Crippen molar-refractivity contribution in [2.24, 2.45) is 0 Å². The van der Waals surface area contributed by atoms with Gasteiger partial charge >= 0.3 is 0 Å². The monoisotopic (exact) mass is 238 g/mol. The van der Waals surface area contributed by atoms with Crippen molar-refractivity contribution in [2.75, 3.05) is 18.0 Å². The fourth-order valence-electron chi connectivity index (χ4n) is 1.71. The third-order valence-electron chi connectivity index (χ3n) is 2.45. The molecule has 0 atom stereocenters. The lowest BCUT2D eigenvalue weighted by atomic mass is 10.1. The van der Waals surface area contributed by atoms with Gasteiger partial charge < -0.3 is 0 Å². The molecule has 0 aliphatic carbocycles. The van der Waals surface area contributed by atoms with Gasteiger partial charge in [0.25, 0.3) is 0 Å². The van der Waals surface area contributed by atoms with Crippen molar-refractivity contribution >= 4 is 29.1 Å². The number of nitrogens with one attached hydrogen (secondary N) is 1. The molecule has 1 N–H and O–H groups in total. The van der Waals surface area contributed by atoms with Gasteiger partial charge in [-0.2, -0.15) is 0 Å². The van der Waals surface area contributed by atoms with Gasteiger partial charge in [-0.3, -0.25) is 14.9 Å². The Balaban J connectivity index is 2.42. The summed E-state index contributed by atoms with van der Waals surface area (Å²) in [4.78, 5) is 24.5. The van der Waals surface area contributed by atoms with Crippen molar-refractivity contribution < 1.29 is 9.59 Å². The zero-order valence-corrected chi connectivity index (χ0v) is 9.54. The topological polar surface area (TPSA) is 49.4 Å². The summed E-state index contributed by atoms with van der Waals surface area (Å²) < 4.78 is 0. The first-order valence-electron chi connectivity index (χ1n) is 4.92. The highest BCUT2D eigenvalue weighted by atomic mass is 35.5. The van der Waals surface area contributed by atoms with E-state index >= 15 is 0 Å². The number of amides is 2. The summed E-state index contributed by atoms with van der Waals surface area (Å²) in [5.74, 6) is -0.469. The fourth-order valence-corrected chi connectivity index (χ4v) is 1.94. The van der Waals surface area contributed by atoms with Crippen LogP contribution in [0.25, 0.3) is 0 Å². The Bertz CT molecular complexity index is 443. The molecule has 0 aromatic heterocycles. The number of rotatable bonds is 1. The lowest BCUT2D eigenvalue weighted by Gasteiger charge is -2.26. The van der Waals surface area contributed by atoms with Crippen LogP contribution in [0.5, 0.6) is 0 Å². The van der Waals surface area contributed by atoms with E-state index in [9.17, 15) is 9.59 Å². The molecule has 16 heavy (non-hydrogen) atoms. The van der Waals surface area contributed by atoms with Crippen LogP contribution in [0.1, 0.15) is 5.56 Å². The number of nitrogens with zero attached hydrogens (tertiary/aromatic N) is 1. The van der Waals surface area contributed by atoms with Crippen molar-refractivity contribution in [1.29, 1.82) is 0 Å². The average molecular weight is 239 g/mol. The van der Waals surface area contributed by atoms with Gasteiger partial charge in [-0.1, -0.05) is 11.6 Å². The van der Waals surface area contributed by atoms with Crippen LogP contribution < -0.4 is 10.2 Å². The molecular formula is C11H11ClN2O2. The predicted octanol–water partition coefficient (Wildman–Crippen LogP) is 1.11. The van der Waals surface area contributed by atoms with E-state index < -0.39 is 0 Å². The molecular weight excluding hydrogens is 228 g/mol. The molecule has 4 nitrogen and oxygen atoms in total. The highest BCUT2D eigenvalue weighted by Gasteiger charge is 2.27. The normalized spacial score (nSPS) is 16.8. The Morgan fingerprint density at radius 3 is 2.44 bits per heavy atom. The third kappa shape index (κ3) is 1.94. The van der Waals surface area contributed by atoms with Gasteiger partial charge in [0.1, 0.15) is 0 Å². The number of piperazine rings is 1. The minimum atomic E-state index is -0.235. The van der Waals surface area contributed by atoms with Gasteiger partial charge in [-0.05, 0) is 30.7 Å². The van der Waals surface area contributed by atoms with Gasteiger partial charge in [0.2, 0.25) is 11.8 Å². The first-order chi connectivity index (χ1) is 7.59. The molecule has 1 aromatic rings. The molecule has 2 rings (SSSR count). The molecule has 0 radical (unpaired) electrons. The molecule has 1 aliphatic heterocycles. The minimum Gasteiger partial charge on any atom is -0.300 e. The van der Waals surface area contributed by atoms with Crippen LogP contribution in [0.15, 0.2) is 18.2 Å². The zero-order chi connectivity index (χ0) is 11.7. The molecule has 2 amide bonds. The smallest absolute Gasteiger partial charge is 0.247 e. The highest BCUT2D eigenvalue weighted by Crippen LogP contribution is 2.24. The first-order valence-corrected chi connectivity index (χ1v) is 5.30. The van der Waals surface area contributed by atoms with Crippen LogP contribution in [0.3, 0.4) is 0 Å². The van der Waals surface area contributed by atoms with Crippen molar-refractivity contribution in [3.63, 3.8) is 0 Å². The Kier molecular flexibility index (Phi) is 2.94. The number of anilines is 1. The van der Waals surface area contributed by atoms with E-state index in [4.69, 9.17) is 11.6 Å². The second-order valence-electron chi connectivity index (χ2n) is 3.66. The van der Waals surface area contributed by atoms with Crippen molar-refractivity contribution in [3.05, 3.63) is 28.8 Å². The number of imide groups is 1. The number of carbonyl (C=O) groups excluding carboxylic acids is 2. The Morgan fingerprint density at radius 1 is 1.25 bits per heavy atom. The van der Waals surface area contributed by atoms with Gasteiger partial charge in [0.15, 0.2) is 0 Å². The van der Waals surface area contributed by atoms with Crippen LogP contribution in [0, 0.1) is 6.92 Å². The minimum absolute atomic E-state index is 0.188. The summed E-state index contributed by atoms with van der Waals surface area (Å²) in [5.41, 5.74) is 1.43. The van der Waals surface area contributed by atoms with Gasteiger partial charge in [-0.15, -0.1) is 0 Å². The standard InChI is InChI=1S/C11H11ClN2O2/c1-7-4-8(12)2-3-9(7)14-10(15)5-13-6-11(14)16/h2-4,13H,5-6H2,1H3. The van der Waals surface area contributed by atoms with Gasteiger partial charge in [0.05, 0.1) is 18.8 Å². The van der Waals surface area contributed by atoms with E-state index in [1.54, 1.807) is 18.2 Å². The van der Waals surface area contributed by atoms with Crippen LogP contribution in [-0.4, -0.2) is 24.9 Å². The lowest BCUT2D eigenvalue weighted by molar-refractivity contribution is -0.127. The molecule has 1 aliphatic rings. The largest absolute Gasteiger partial charge is 0.300 e. The summed E-state index contributed by atoms with van der Waals surface area (Å²) in [6, 6.07) is 5.10. The Labute approximate surface area is 98.2 Å². The SMILES string of the molecule is Cc1cc(Cl)ccc1N1C(=O)CNCC1=O. The fraction of sp³-hybridized carbons (Fsp3) is 0.273. The third-order valence-corrected chi connectivity index (χ3v) is 2.69. The summed E-state index contributed by atoms with van der Waals surface area (Å²) >= 11 is 5.83. The van der Waals surface area contributed by atoms with Crippen LogP contribution >= 0.6 is 11.6 Å². The number of benzene rings is 1. The molecule has 5 heteroatoms. The summed E-state index contributed by atoms with van der Waals surface area (Å²) in [7, 11) is 0. The molecule has 0 bridgehead atoms. The zero-order valence-electron chi connectivity index (χ0n) is 8.79. The van der Waals surface area contributed by atoms with Crippen LogP contribution in [0.2, 0.25) is 5.02 Å². The Morgan fingerprint density at radius 2 is 1.88 bits per heavy atom. The molecule has 0 unspecified atom stereocenters. The molecule has 1 saturated heterocycles. The number of aryl methyl sites for hydroxylation is 1. The summed E-state index contributed by atoms with van der Waals surface area (Å²) in [5, 5.41) is 3.34. The van der Waals surface area contributed by atoms with Gasteiger partial charge in [0, 0.05) is 5.02 Å². The quantitative estimate of drug-likeness (QED) is 0.746. The van der Waals surface area contributed by atoms with Crippen LogP contribution in [-0.2, 0) is 9.59 Å². The van der Waals surface area contributed by atoms with Crippen molar-refractivity contribution in [3.8, 4) is 0 Å². The lowest BCUT2D eigenvalue weighted by Crippen LogP contribution is -2.52. The van der Waals surface area contributed by atoms with Gasteiger partial charge in [-0.25, -0.2) is 4.90 Å². The molecule has 0 saturated carbocycles. The van der Waals surface area contributed by atoms with E-state index in [0.717, 1.165) is 5.56 Å². The van der Waals surface area contributed by atoms with Crippen LogP contribution in [0.4, 0.5) is 5.69 Å². The maximum absolute atomic E-state index is 11.7. The predicted molar refractivity (Wildman–Crippen MR) is 61.6 cm³/mol. The van der Waals surface area contributed by atoms with E-state index in [0.29, 0.717) is 10.7 Å². The highest BCUT2D eigenvalue weighted by molar-refractivity contribution is 6.31. The number of hydrogen-bond acceptors (Lipinski definition) is 3. The molecule has 1 fully saturated rings. The number of halogens is 1. The van der Waals surface area contributed by atoms with E-state index in [1.165, 1.54) is 4.90 Å². The maximum atomic E-state index is 11.7. The molecule has 84 valence electrons. The number of carbonyl (C=O) groups is 2. The Hall–Kier alpha value is -1.39. The van der Waals surface area contributed by atoms with E-state index in [2.05, 4.69) is 5.32 Å². The first kappa shape index (κ1) is 11.1. The summed E-state index contributed by atoms with van der Waals surface area (Å²) in [6.45, 7) is 2.20. The van der Waals surface area contributed by atoms with E-state index in [-0.39, 0.29) is 24.9 Å². The number of hydrogen-bond donors (Lipinski definition) is 1. The van der Waals surface area contributed by atoms with Crippen molar-refractivity contribution in [1.82, 2.24) is 5.32 Å². The second-order valence-corrected chi connectivity index (χ2v) is 4.09. The molecule has 0 spiro atoms. The molecule has 1 aromatic carbocycles. The second kappa shape index (κ2) is 4.23. The summed E-state index contributed by atoms with van der Waals surface area (Å²) in [6.07, 6.45) is 0. The van der Waals surface area contributed by atoms with E-state index in [1.807, 2.05) is 6.92 Å². The maximum Gasteiger partial charge on any atom is 0.247 e. The molecule has 1 heterocycles. The average Bonchev–Trinajstić information content (AvgIpc) is 2.20.